The van der Waals surface area contributed by atoms with E-state index in [0.29, 0.717) is 16.5 Å². The van der Waals surface area contributed by atoms with Gasteiger partial charge in [0.2, 0.25) is 10.0 Å². The summed E-state index contributed by atoms with van der Waals surface area (Å²) in [6.45, 7) is 5.00. The smallest absolute Gasteiger partial charge is 0.241 e. The van der Waals surface area contributed by atoms with E-state index in [2.05, 4.69) is 20.7 Å². The third-order valence-electron chi connectivity index (χ3n) is 2.95. The fraction of sp³-hybridized carbons (Fsp3) is 0.500. The van der Waals surface area contributed by atoms with Gasteiger partial charge in [-0.2, -0.15) is 0 Å². The first-order chi connectivity index (χ1) is 8.24. The van der Waals surface area contributed by atoms with Gasteiger partial charge in [-0.1, -0.05) is 28.9 Å². The van der Waals surface area contributed by atoms with Crippen LogP contribution in [-0.2, 0) is 10.0 Å². The molecule has 0 aliphatic rings. The van der Waals surface area contributed by atoms with Crippen molar-refractivity contribution in [3.8, 4) is 0 Å². The Morgan fingerprint density at radius 1 is 1.44 bits per heavy atom. The number of halogens is 1. The van der Waals surface area contributed by atoms with E-state index < -0.39 is 15.6 Å². The predicted molar refractivity (Wildman–Crippen MR) is 75.0 cm³/mol. The zero-order valence-corrected chi connectivity index (χ0v) is 13.1. The highest BCUT2D eigenvalue weighted by Gasteiger charge is 2.29. The lowest BCUT2D eigenvalue weighted by Gasteiger charge is -2.27. The first-order valence-corrected chi connectivity index (χ1v) is 7.93. The quantitative estimate of drug-likeness (QED) is 0.866. The number of aryl methyl sites for hydroxylation is 1. The zero-order chi connectivity index (χ0) is 14.0. The Morgan fingerprint density at radius 3 is 2.56 bits per heavy atom. The molecule has 0 saturated carbocycles. The molecule has 0 aliphatic heterocycles. The van der Waals surface area contributed by atoms with Gasteiger partial charge in [-0.05, 0) is 38.0 Å². The monoisotopic (exact) mass is 335 g/mol. The van der Waals surface area contributed by atoms with Gasteiger partial charge in [0.05, 0.1) is 17.0 Å². The molecule has 102 valence electrons. The van der Waals surface area contributed by atoms with E-state index in [4.69, 9.17) is 0 Å². The lowest BCUT2D eigenvalue weighted by molar-refractivity contribution is 0.191. The number of rotatable bonds is 5. The van der Waals surface area contributed by atoms with Crippen molar-refractivity contribution in [3.63, 3.8) is 0 Å². The topological polar surface area (TPSA) is 66.4 Å². The van der Waals surface area contributed by atoms with E-state index >= 15 is 0 Å². The summed E-state index contributed by atoms with van der Waals surface area (Å²) < 4.78 is 27.9. The number of nitrogens with one attached hydrogen (secondary N) is 1. The summed E-state index contributed by atoms with van der Waals surface area (Å²) in [5.41, 5.74) is -0.171. The molecule has 1 aromatic rings. The molecule has 0 aliphatic carbocycles. The first-order valence-electron chi connectivity index (χ1n) is 5.65. The molecule has 1 atom stereocenters. The Bertz CT molecular complexity index is 524. The molecule has 0 amide bonds. The molecule has 1 rings (SSSR count). The highest BCUT2D eigenvalue weighted by Crippen LogP contribution is 2.22. The van der Waals surface area contributed by atoms with Crippen LogP contribution in [0.5, 0.6) is 0 Å². The summed E-state index contributed by atoms with van der Waals surface area (Å²) >= 11 is 3.26. The van der Waals surface area contributed by atoms with Crippen LogP contribution >= 0.6 is 15.9 Å². The molecule has 0 spiro atoms. The summed E-state index contributed by atoms with van der Waals surface area (Å²) in [7, 11) is -3.64. The molecule has 4 nitrogen and oxygen atoms in total. The summed E-state index contributed by atoms with van der Waals surface area (Å²) in [6, 6.07) is 5.09. The Morgan fingerprint density at radius 2 is 2.06 bits per heavy atom. The van der Waals surface area contributed by atoms with Crippen molar-refractivity contribution in [2.24, 2.45) is 0 Å². The van der Waals surface area contributed by atoms with Crippen LogP contribution in [0.4, 0.5) is 0 Å². The number of hydrogen-bond donors (Lipinski definition) is 2. The van der Waals surface area contributed by atoms with Crippen LogP contribution in [0.2, 0.25) is 0 Å². The number of hydrogen-bond acceptors (Lipinski definition) is 3. The van der Waals surface area contributed by atoms with Gasteiger partial charge >= 0.3 is 0 Å². The Labute approximate surface area is 117 Å². The minimum Gasteiger partial charge on any atom is -0.394 e. The molecule has 1 unspecified atom stereocenters. The van der Waals surface area contributed by atoms with E-state index in [1.165, 1.54) is 0 Å². The minimum atomic E-state index is -3.64. The molecule has 0 saturated heterocycles. The number of benzene rings is 1. The lowest BCUT2D eigenvalue weighted by Crippen LogP contribution is -2.48. The van der Waals surface area contributed by atoms with Crippen LogP contribution in [0.1, 0.15) is 25.8 Å². The molecule has 18 heavy (non-hydrogen) atoms. The van der Waals surface area contributed by atoms with Gasteiger partial charge in [0.15, 0.2) is 0 Å². The summed E-state index contributed by atoms with van der Waals surface area (Å²) in [5.74, 6) is 0. The van der Waals surface area contributed by atoms with Crippen molar-refractivity contribution in [3.05, 3.63) is 28.2 Å². The Hall–Kier alpha value is -0.430. The van der Waals surface area contributed by atoms with Crippen LogP contribution in [0.3, 0.4) is 0 Å². The maximum Gasteiger partial charge on any atom is 0.241 e. The van der Waals surface area contributed by atoms with E-state index in [9.17, 15) is 13.5 Å². The fourth-order valence-corrected chi connectivity index (χ4v) is 3.71. The summed E-state index contributed by atoms with van der Waals surface area (Å²) in [5, 5.41) is 9.28. The van der Waals surface area contributed by atoms with Gasteiger partial charge in [-0.3, -0.25) is 0 Å². The van der Waals surface area contributed by atoms with Crippen molar-refractivity contribution < 1.29 is 13.5 Å². The zero-order valence-electron chi connectivity index (χ0n) is 10.7. The molecular formula is C12H18BrNO3S. The van der Waals surface area contributed by atoms with Crippen LogP contribution < -0.4 is 4.72 Å². The minimum absolute atomic E-state index is 0.227. The third-order valence-corrected chi connectivity index (χ3v) is 5.22. The van der Waals surface area contributed by atoms with Crippen molar-refractivity contribution in [1.82, 2.24) is 4.72 Å². The van der Waals surface area contributed by atoms with Crippen molar-refractivity contribution in [1.29, 1.82) is 0 Å². The van der Waals surface area contributed by atoms with Crippen LogP contribution in [0.15, 0.2) is 27.6 Å². The van der Waals surface area contributed by atoms with Gasteiger partial charge in [0.1, 0.15) is 0 Å². The second-order valence-electron chi connectivity index (χ2n) is 4.59. The highest BCUT2D eigenvalue weighted by molar-refractivity contribution is 9.10. The van der Waals surface area contributed by atoms with Crippen LogP contribution in [-0.4, -0.2) is 25.7 Å². The number of aliphatic hydroxyl groups is 1. The molecule has 0 fully saturated rings. The number of sulfonamides is 1. The number of aliphatic hydroxyl groups excluding tert-OH is 1. The van der Waals surface area contributed by atoms with Gasteiger partial charge in [-0.25, -0.2) is 13.1 Å². The largest absolute Gasteiger partial charge is 0.394 e. The molecule has 0 bridgehead atoms. The van der Waals surface area contributed by atoms with Crippen molar-refractivity contribution >= 4 is 26.0 Å². The maximum absolute atomic E-state index is 12.3. The SMILES string of the molecule is CCC(C)(CO)NS(=O)(=O)c1cc(Br)ccc1C. The van der Waals surface area contributed by atoms with Crippen molar-refractivity contribution in [2.75, 3.05) is 6.61 Å². The lowest BCUT2D eigenvalue weighted by atomic mass is 10.0. The normalized spacial score (nSPS) is 15.4. The summed E-state index contributed by atoms with van der Waals surface area (Å²) in [4.78, 5) is 0.227. The third kappa shape index (κ3) is 3.54. The molecular weight excluding hydrogens is 318 g/mol. The van der Waals surface area contributed by atoms with Gasteiger partial charge in [-0.15, -0.1) is 0 Å². The Balaban J connectivity index is 3.18. The highest BCUT2D eigenvalue weighted by atomic mass is 79.9. The first kappa shape index (κ1) is 15.6. The van der Waals surface area contributed by atoms with E-state index in [1.807, 2.05) is 6.92 Å². The van der Waals surface area contributed by atoms with Gasteiger partial charge in [0.25, 0.3) is 0 Å². The Kier molecular flexibility index (Phi) is 4.94. The maximum atomic E-state index is 12.3. The van der Waals surface area contributed by atoms with E-state index in [0.717, 1.165) is 0 Å². The van der Waals surface area contributed by atoms with Gasteiger partial charge < -0.3 is 5.11 Å². The fourth-order valence-electron chi connectivity index (χ4n) is 1.46. The molecule has 0 aromatic heterocycles. The average molecular weight is 336 g/mol. The summed E-state index contributed by atoms with van der Waals surface area (Å²) in [6.07, 6.45) is 0.510. The molecule has 0 radical (unpaired) electrons. The van der Waals surface area contributed by atoms with Gasteiger partial charge in [0, 0.05) is 4.47 Å². The standard InChI is InChI=1S/C12H18BrNO3S/c1-4-12(3,8-15)14-18(16,17)11-7-10(13)6-5-9(11)2/h5-7,14-15H,4,8H2,1-3H3. The second-order valence-corrected chi connectivity index (χ2v) is 7.15. The molecule has 6 heteroatoms. The predicted octanol–water partition coefficient (Wildman–Crippen LogP) is 2.20. The van der Waals surface area contributed by atoms with E-state index in [1.54, 1.807) is 32.0 Å². The van der Waals surface area contributed by atoms with Crippen molar-refractivity contribution in [2.45, 2.75) is 37.6 Å². The van der Waals surface area contributed by atoms with Crippen LogP contribution in [0, 0.1) is 6.92 Å². The van der Waals surface area contributed by atoms with Crippen LogP contribution in [0.25, 0.3) is 0 Å². The second kappa shape index (κ2) is 5.69. The molecule has 0 heterocycles. The molecule has 1 aromatic carbocycles. The average Bonchev–Trinajstić information content (AvgIpc) is 2.31. The van der Waals surface area contributed by atoms with E-state index in [-0.39, 0.29) is 11.5 Å². The molecule has 2 N–H and O–H groups in total.